The maximum Gasteiger partial charge on any atom is 0.336 e. The summed E-state index contributed by atoms with van der Waals surface area (Å²) < 4.78 is 10.9. The molecule has 1 aromatic heterocycles. The van der Waals surface area contributed by atoms with Gasteiger partial charge in [-0.1, -0.05) is 13.3 Å². The van der Waals surface area contributed by atoms with Crippen LogP contribution in [-0.4, -0.2) is 17.9 Å². The fourth-order valence-electron chi connectivity index (χ4n) is 2.91. The number of nitrogens with one attached hydrogen (secondary N) is 1. The molecule has 0 aliphatic heterocycles. The van der Waals surface area contributed by atoms with Gasteiger partial charge in [-0.3, -0.25) is 14.9 Å². The van der Waals surface area contributed by atoms with Crippen molar-refractivity contribution in [3.63, 3.8) is 0 Å². The lowest BCUT2D eigenvalue weighted by molar-refractivity contribution is -0.385. The fourth-order valence-corrected chi connectivity index (χ4v) is 2.91. The van der Waals surface area contributed by atoms with Crippen LogP contribution < -0.4 is 15.7 Å². The highest BCUT2D eigenvalue weighted by atomic mass is 16.6. The second-order valence-corrected chi connectivity index (χ2v) is 6.12. The van der Waals surface area contributed by atoms with Gasteiger partial charge >= 0.3 is 11.3 Å². The van der Waals surface area contributed by atoms with E-state index in [1.165, 1.54) is 31.3 Å². The zero-order valence-electron chi connectivity index (χ0n) is 15.4. The molecule has 0 bridgehead atoms. The van der Waals surface area contributed by atoms with Crippen LogP contribution >= 0.6 is 0 Å². The Morgan fingerprint density at radius 1 is 1.21 bits per heavy atom. The van der Waals surface area contributed by atoms with Crippen LogP contribution in [0.25, 0.3) is 11.0 Å². The average Bonchev–Trinajstić information content (AvgIpc) is 2.67. The molecule has 0 saturated carbocycles. The van der Waals surface area contributed by atoms with E-state index in [-0.39, 0.29) is 22.7 Å². The summed E-state index contributed by atoms with van der Waals surface area (Å²) in [4.78, 5) is 34.3. The molecule has 3 rings (SSSR count). The minimum absolute atomic E-state index is 0.0240. The van der Waals surface area contributed by atoms with Crippen molar-refractivity contribution in [3.8, 4) is 11.5 Å². The van der Waals surface area contributed by atoms with Gasteiger partial charge in [-0.2, -0.15) is 0 Å². The van der Waals surface area contributed by atoms with Crippen molar-refractivity contribution in [2.45, 2.75) is 19.8 Å². The van der Waals surface area contributed by atoms with Gasteiger partial charge in [-0.25, -0.2) is 4.79 Å². The summed E-state index contributed by atoms with van der Waals surface area (Å²) in [6, 6.07) is 10.3. The van der Waals surface area contributed by atoms with E-state index in [0.717, 1.165) is 29.9 Å². The number of carbonyl (C=O) groups is 1. The minimum atomic E-state index is -0.623. The fraction of sp³-hybridized carbons (Fsp3) is 0.200. The Bertz CT molecular complexity index is 1120. The van der Waals surface area contributed by atoms with Gasteiger partial charge in [-0.15, -0.1) is 0 Å². The molecule has 0 spiro atoms. The lowest BCUT2D eigenvalue weighted by Crippen LogP contribution is -2.17. The van der Waals surface area contributed by atoms with Crippen molar-refractivity contribution in [1.82, 2.24) is 5.32 Å². The van der Waals surface area contributed by atoms with Crippen LogP contribution in [-0.2, 0) is 6.42 Å². The highest BCUT2D eigenvalue weighted by molar-refractivity contribution is 5.95. The molecule has 0 aliphatic rings. The molecule has 1 heterocycles. The number of hydrogen-bond donors (Lipinski definition) is 1. The van der Waals surface area contributed by atoms with Crippen LogP contribution in [0, 0.1) is 10.1 Å². The quantitative estimate of drug-likeness (QED) is 0.394. The number of benzene rings is 2. The van der Waals surface area contributed by atoms with Crippen LogP contribution in [0.3, 0.4) is 0 Å². The summed E-state index contributed by atoms with van der Waals surface area (Å²) in [5.74, 6) is -0.185. The number of amides is 1. The predicted molar refractivity (Wildman–Crippen MR) is 103 cm³/mol. The molecule has 28 heavy (non-hydrogen) atoms. The number of nitrogens with zero attached hydrogens (tertiary/aromatic N) is 1. The Labute approximate surface area is 159 Å². The van der Waals surface area contributed by atoms with Gasteiger partial charge in [0.05, 0.1) is 4.92 Å². The summed E-state index contributed by atoms with van der Waals surface area (Å²) in [5, 5.41) is 14.6. The number of rotatable bonds is 6. The Morgan fingerprint density at radius 3 is 2.68 bits per heavy atom. The predicted octanol–water partition coefficient (Wildman–Crippen LogP) is 3.81. The van der Waals surface area contributed by atoms with E-state index in [9.17, 15) is 19.7 Å². The standard InChI is InChI=1S/C20H18N2O6/c1-3-4-12-10-19(23)28-18-11-14(6-7-15(12)18)27-17-8-5-13(20(24)21-2)9-16(17)22(25)26/h5-11H,3-4H2,1-2H3,(H,21,24). The molecule has 144 valence electrons. The molecule has 0 unspecified atom stereocenters. The molecule has 0 aliphatic carbocycles. The molecular formula is C20H18N2O6. The summed E-state index contributed by atoms with van der Waals surface area (Å²) in [5.41, 5.74) is 0.561. The van der Waals surface area contributed by atoms with E-state index in [2.05, 4.69) is 5.32 Å². The smallest absolute Gasteiger partial charge is 0.336 e. The van der Waals surface area contributed by atoms with Crippen molar-refractivity contribution < 1.29 is 18.9 Å². The van der Waals surface area contributed by atoms with Crippen LogP contribution in [0.1, 0.15) is 29.3 Å². The van der Waals surface area contributed by atoms with Crippen LogP contribution in [0.4, 0.5) is 5.69 Å². The Kier molecular flexibility index (Phi) is 5.39. The van der Waals surface area contributed by atoms with Crippen LogP contribution in [0.5, 0.6) is 11.5 Å². The zero-order chi connectivity index (χ0) is 20.3. The average molecular weight is 382 g/mol. The minimum Gasteiger partial charge on any atom is -0.450 e. The topological polar surface area (TPSA) is 112 Å². The lowest BCUT2D eigenvalue weighted by atomic mass is 10.1. The van der Waals surface area contributed by atoms with Gasteiger partial charge in [0.1, 0.15) is 11.3 Å². The Hall–Kier alpha value is -3.68. The maximum atomic E-state index is 11.8. The summed E-state index contributed by atoms with van der Waals surface area (Å²) in [6.45, 7) is 2.01. The molecule has 2 aromatic carbocycles. The van der Waals surface area contributed by atoms with Crippen molar-refractivity contribution in [3.05, 3.63) is 74.1 Å². The summed E-state index contributed by atoms with van der Waals surface area (Å²) >= 11 is 0. The van der Waals surface area contributed by atoms with Gasteiger partial charge in [-0.05, 0) is 36.2 Å². The first-order chi connectivity index (χ1) is 13.4. The molecular weight excluding hydrogens is 364 g/mol. The zero-order valence-corrected chi connectivity index (χ0v) is 15.4. The Balaban J connectivity index is 2.01. The molecule has 0 atom stereocenters. The first kappa shape index (κ1) is 19.1. The van der Waals surface area contributed by atoms with E-state index >= 15 is 0 Å². The van der Waals surface area contributed by atoms with E-state index in [0.29, 0.717) is 5.58 Å². The van der Waals surface area contributed by atoms with Gasteiger partial charge in [0.2, 0.25) is 5.75 Å². The number of hydrogen-bond acceptors (Lipinski definition) is 6. The highest BCUT2D eigenvalue weighted by Gasteiger charge is 2.19. The van der Waals surface area contributed by atoms with E-state index in [1.807, 2.05) is 6.92 Å². The van der Waals surface area contributed by atoms with Gasteiger partial charge < -0.3 is 14.5 Å². The van der Waals surface area contributed by atoms with E-state index in [1.54, 1.807) is 12.1 Å². The first-order valence-corrected chi connectivity index (χ1v) is 8.68. The van der Waals surface area contributed by atoms with Crippen molar-refractivity contribution in [2.24, 2.45) is 0 Å². The summed E-state index contributed by atoms with van der Waals surface area (Å²) in [7, 11) is 1.44. The summed E-state index contributed by atoms with van der Waals surface area (Å²) in [6.07, 6.45) is 1.61. The lowest BCUT2D eigenvalue weighted by Gasteiger charge is -2.09. The molecule has 0 fully saturated rings. The molecule has 1 N–H and O–H groups in total. The monoisotopic (exact) mass is 382 g/mol. The number of nitro groups is 1. The largest absolute Gasteiger partial charge is 0.450 e. The number of carbonyl (C=O) groups excluding carboxylic acids is 1. The molecule has 1 amide bonds. The van der Waals surface area contributed by atoms with Crippen molar-refractivity contribution >= 4 is 22.6 Å². The third-order valence-corrected chi connectivity index (χ3v) is 4.19. The third-order valence-electron chi connectivity index (χ3n) is 4.19. The normalized spacial score (nSPS) is 10.6. The highest BCUT2D eigenvalue weighted by Crippen LogP contribution is 2.33. The molecule has 8 heteroatoms. The van der Waals surface area contributed by atoms with Crippen LogP contribution in [0.2, 0.25) is 0 Å². The maximum absolute atomic E-state index is 11.8. The second-order valence-electron chi connectivity index (χ2n) is 6.12. The molecule has 0 radical (unpaired) electrons. The van der Waals surface area contributed by atoms with Gasteiger partial charge in [0.25, 0.3) is 5.91 Å². The number of aryl methyl sites for hydroxylation is 1. The van der Waals surface area contributed by atoms with Gasteiger partial charge in [0, 0.05) is 36.2 Å². The third kappa shape index (κ3) is 3.85. The number of ether oxygens (including phenoxy) is 1. The number of fused-ring (bicyclic) bond motifs is 1. The molecule has 8 nitrogen and oxygen atoms in total. The SMILES string of the molecule is CCCc1cc(=O)oc2cc(Oc3ccc(C(=O)NC)cc3[N+](=O)[O-])ccc12. The van der Waals surface area contributed by atoms with Crippen molar-refractivity contribution in [2.75, 3.05) is 7.05 Å². The Morgan fingerprint density at radius 2 is 2.00 bits per heavy atom. The molecule has 0 saturated heterocycles. The first-order valence-electron chi connectivity index (χ1n) is 8.68. The van der Waals surface area contributed by atoms with E-state index in [4.69, 9.17) is 9.15 Å². The van der Waals surface area contributed by atoms with Crippen molar-refractivity contribution in [1.29, 1.82) is 0 Å². The van der Waals surface area contributed by atoms with Gasteiger partial charge in [0.15, 0.2) is 0 Å². The van der Waals surface area contributed by atoms with E-state index < -0.39 is 16.5 Å². The number of nitro benzene ring substituents is 1. The second kappa shape index (κ2) is 7.91. The molecule has 3 aromatic rings. The van der Waals surface area contributed by atoms with Crippen LogP contribution in [0.15, 0.2) is 51.7 Å².